The lowest BCUT2D eigenvalue weighted by Crippen LogP contribution is -2.42. The number of nitrogens with zero attached hydrogens (tertiary/aromatic N) is 5. The highest BCUT2D eigenvalue weighted by Crippen LogP contribution is 2.25. The van der Waals surface area contributed by atoms with E-state index in [-0.39, 0.29) is 5.91 Å². The quantitative estimate of drug-likeness (QED) is 0.546. The molecule has 1 saturated heterocycles. The number of likely N-dealkylation sites (tertiary alicyclic amines) is 1. The smallest absolute Gasteiger partial charge is 0.233 e. The van der Waals surface area contributed by atoms with E-state index in [0.717, 1.165) is 56.5 Å². The molecule has 1 amide bonds. The first-order valence-electron chi connectivity index (χ1n) is 11.8. The number of hydrogen-bond donors (Lipinski definition) is 0. The molecular weight excluding hydrogens is 406 g/mol. The summed E-state index contributed by atoms with van der Waals surface area (Å²) in [4.78, 5) is 17.6. The van der Waals surface area contributed by atoms with Gasteiger partial charge in [-0.1, -0.05) is 61.4 Å². The number of aromatic nitrogens is 3. The Hall–Kier alpha value is -1.86. The van der Waals surface area contributed by atoms with Crippen LogP contribution in [0.25, 0.3) is 0 Å². The highest BCUT2D eigenvalue weighted by atomic mass is 32.2. The van der Waals surface area contributed by atoms with Crippen LogP contribution in [0.3, 0.4) is 0 Å². The molecule has 2 aromatic rings. The van der Waals surface area contributed by atoms with Gasteiger partial charge in [-0.05, 0) is 51.3 Å². The van der Waals surface area contributed by atoms with Crippen LogP contribution in [-0.4, -0.2) is 61.9 Å². The fraction of sp³-hybridized carbons (Fsp3) is 0.625. The van der Waals surface area contributed by atoms with Gasteiger partial charge in [0.1, 0.15) is 5.82 Å². The third-order valence-electron chi connectivity index (χ3n) is 6.54. The zero-order chi connectivity index (χ0) is 21.5. The van der Waals surface area contributed by atoms with Crippen LogP contribution in [0.15, 0.2) is 35.5 Å². The van der Waals surface area contributed by atoms with E-state index < -0.39 is 0 Å². The van der Waals surface area contributed by atoms with E-state index in [0.29, 0.717) is 11.8 Å². The number of amides is 1. The first-order valence-corrected chi connectivity index (χ1v) is 12.8. The van der Waals surface area contributed by atoms with E-state index >= 15 is 0 Å². The Balaban J connectivity index is 1.45. The van der Waals surface area contributed by atoms with Crippen molar-refractivity contribution >= 4 is 17.7 Å². The molecule has 7 heteroatoms. The SMILES string of the molecule is CCN(C(=O)CSc1nnc(CN2CCCC2)n1Cc1ccccc1)C1CCCCC1. The number of hydrogen-bond acceptors (Lipinski definition) is 5. The normalized spacial score (nSPS) is 17.8. The Morgan fingerprint density at radius 1 is 1.03 bits per heavy atom. The molecule has 0 spiro atoms. The number of carbonyl (C=O) groups excluding carboxylic acids is 1. The molecule has 2 fully saturated rings. The fourth-order valence-corrected chi connectivity index (χ4v) is 5.69. The highest BCUT2D eigenvalue weighted by Gasteiger charge is 2.25. The molecule has 1 aromatic heterocycles. The zero-order valence-electron chi connectivity index (χ0n) is 18.7. The molecule has 1 aliphatic carbocycles. The van der Waals surface area contributed by atoms with Crippen LogP contribution in [-0.2, 0) is 17.9 Å². The number of benzene rings is 1. The Bertz CT molecular complexity index is 828. The van der Waals surface area contributed by atoms with Crippen molar-refractivity contribution < 1.29 is 4.79 Å². The van der Waals surface area contributed by atoms with Crippen LogP contribution in [0.2, 0.25) is 0 Å². The second kappa shape index (κ2) is 11.1. The van der Waals surface area contributed by atoms with Gasteiger partial charge in [0.05, 0.1) is 18.8 Å². The van der Waals surface area contributed by atoms with Gasteiger partial charge in [-0.25, -0.2) is 0 Å². The maximum Gasteiger partial charge on any atom is 0.233 e. The third-order valence-corrected chi connectivity index (χ3v) is 7.49. The summed E-state index contributed by atoms with van der Waals surface area (Å²) in [5, 5.41) is 9.89. The van der Waals surface area contributed by atoms with E-state index in [2.05, 4.69) is 55.8 Å². The van der Waals surface area contributed by atoms with Gasteiger partial charge >= 0.3 is 0 Å². The van der Waals surface area contributed by atoms with E-state index in [1.165, 1.54) is 37.7 Å². The predicted octanol–water partition coefficient (Wildman–Crippen LogP) is 4.20. The van der Waals surface area contributed by atoms with Gasteiger partial charge in [0.2, 0.25) is 5.91 Å². The molecule has 0 atom stereocenters. The molecule has 2 aliphatic rings. The van der Waals surface area contributed by atoms with E-state index in [1.54, 1.807) is 11.8 Å². The van der Waals surface area contributed by atoms with E-state index in [9.17, 15) is 4.79 Å². The van der Waals surface area contributed by atoms with Crippen LogP contribution in [0.1, 0.15) is 63.3 Å². The summed E-state index contributed by atoms with van der Waals surface area (Å²) in [5.74, 6) is 1.66. The zero-order valence-corrected chi connectivity index (χ0v) is 19.5. The minimum absolute atomic E-state index is 0.231. The van der Waals surface area contributed by atoms with Crippen molar-refractivity contribution in [2.24, 2.45) is 0 Å². The lowest BCUT2D eigenvalue weighted by molar-refractivity contribution is -0.131. The van der Waals surface area contributed by atoms with Crippen molar-refractivity contribution in [1.82, 2.24) is 24.6 Å². The molecule has 2 heterocycles. The van der Waals surface area contributed by atoms with Crippen LogP contribution in [0, 0.1) is 0 Å². The summed E-state index contributed by atoms with van der Waals surface area (Å²) >= 11 is 1.54. The molecular formula is C24H35N5OS. The van der Waals surface area contributed by atoms with Crippen molar-refractivity contribution in [3.63, 3.8) is 0 Å². The summed E-state index contributed by atoms with van der Waals surface area (Å²) < 4.78 is 2.21. The lowest BCUT2D eigenvalue weighted by Gasteiger charge is -2.33. The lowest BCUT2D eigenvalue weighted by atomic mass is 9.94. The summed E-state index contributed by atoms with van der Waals surface area (Å²) in [6.07, 6.45) is 8.61. The van der Waals surface area contributed by atoms with Crippen molar-refractivity contribution in [3.8, 4) is 0 Å². The highest BCUT2D eigenvalue weighted by molar-refractivity contribution is 7.99. The summed E-state index contributed by atoms with van der Waals surface area (Å²) in [6, 6.07) is 10.9. The molecule has 1 saturated carbocycles. The largest absolute Gasteiger partial charge is 0.339 e. The molecule has 0 radical (unpaired) electrons. The van der Waals surface area contributed by atoms with Gasteiger partial charge in [0, 0.05) is 12.6 Å². The Kier molecular flexibility index (Phi) is 8.03. The number of rotatable bonds is 9. The minimum atomic E-state index is 0.231. The van der Waals surface area contributed by atoms with E-state index in [4.69, 9.17) is 0 Å². The Morgan fingerprint density at radius 3 is 2.48 bits per heavy atom. The van der Waals surface area contributed by atoms with Crippen molar-refractivity contribution in [2.45, 2.75) is 76.2 Å². The molecule has 31 heavy (non-hydrogen) atoms. The summed E-state index contributed by atoms with van der Waals surface area (Å²) in [7, 11) is 0. The van der Waals surface area contributed by atoms with Crippen LogP contribution < -0.4 is 0 Å². The molecule has 0 N–H and O–H groups in total. The summed E-state index contributed by atoms with van der Waals surface area (Å²) in [6.45, 7) is 6.73. The monoisotopic (exact) mass is 441 g/mol. The molecule has 168 valence electrons. The fourth-order valence-electron chi connectivity index (χ4n) is 4.85. The van der Waals surface area contributed by atoms with Crippen molar-refractivity contribution in [3.05, 3.63) is 41.7 Å². The average molecular weight is 442 g/mol. The second-order valence-corrected chi connectivity index (χ2v) is 9.66. The second-order valence-electron chi connectivity index (χ2n) is 8.71. The van der Waals surface area contributed by atoms with Gasteiger partial charge in [0.15, 0.2) is 5.16 Å². The number of carbonyl (C=O) groups is 1. The Morgan fingerprint density at radius 2 is 1.77 bits per heavy atom. The molecule has 1 aliphatic heterocycles. The molecule has 0 unspecified atom stereocenters. The Labute approximate surface area is 190 Å². The minimum Gasteiger partial charge on any atom is -0.339 e. The topological polar surface area (TPSA) is 54.3 Å². The van der Waals surface area contributed by atoms with Crippen LogP contribution in [0.4, 0.5) is 0 Å². The standard InChI is InChI=1S/C24H35N5OS/c1-2-28(21-13-7-4-8-14-21)23(30)19-31-24-26-25-22(18-27-15-9-10-16-27)29(24)17-20-11-5-3-6-12-20/h3,5-6,11-12,21H,2,4,7-10,13-19H2,1H3. The van der Waals surface area contributed by atoms with Gasteiger partial charge < -0.3 is 9.47 Å². The van der Waals surface area contributed by atoms with E-state index in [1.807, 2.05) is 6.07 Å². The first kappa shape index (κ1) is 22.3. The maximum atomic E-state index is 13.0. The van der Waals surface area contributed by atoms with Crippen molar-refractivity contribution in [2.75, 3.05) is 25.4 Å². The molecule has 6 nitrogen and oxygen atoms in total. The van der Waals surface area contributed by atoms with Crippen molar-refractivity contribution in [1.29, 1.82) is 0 Å². The molecule has 1 aromatic carbocycles. The third kappa shape index (κ3) is 5.89. The van der Waals surface area contributed by atoms with Gasteiger partial charge in [0.25, 0.3) is 0 Å². The van der Waals surface area contributed by atoms with Crippen LogP contribution >= 0.6 is 11.8 Å². The van der Waals surface area contributed by atoms with Crippen LogP contribution in [0.5, 0.6) is 0 Å². The predicted molar refractivity (Wildman–Crippen MR) is 125 cm³/mol. The number of thioether (sulfide) groups is 1. The maximum absolute atomic E-state index is 13.0. The average Bonchev–Trinajstić information content (AvgIpc) is 3.45. The molecule has 0 bridgehead atoms. The van der Waals surface area contributed by atoms with Gasteiger partial charge in [-0.15, -0.1) is 10.2 Å². The summed E-state index contributed by atoms with van der Waals surface area (Å²) in [5.41, 5.74) is 1.23. The van der Waals surface area contributed by atoms with Gasteiger partial charge in [-0.2, -0.15) is 0 Å². The van der Waals surface area contributed by atoms with Gasteiger partial charge in [-0.3, -0.25) is 9.69 Å². The molecule has 4 rings (SSSR count). The first-order chi connectivity index (χ1) is 15.2.